The monoisotopic (exact) mass is 556 g/mol. The topological polar surface area (TPSA) is 128 Å². The molecule has 1 atom stereocenters. The lowest BCUT2D eigenvalue weighted by molar-refractivity contribution is -0.146. The van der Waals surface area contributed by atoms with Crippen LogP contribution in [0.4, 0.5) is 10.5 Å². The SMILES string of the molecule is N=C(NC(=O)c1cccnc1)c1ccc(N2CC(CN3CCN(CC(=O)OCc4ccccc4)CC3)OC2=O)cc1. The van der Waals surface area contributed by atoms with E-state index in [2.05, 4.69) is 20.1 Å². The highest BCUT2D eigenvalue weighted by Gasteiger charge is 2.34. The zero-order valence-corrected chi connectivity index (χ0v) is 22.6. The lowest BCUT2D eigenvalue weighted by atomic mass is 10.1. The molecule has 0 saturated carbocycles. The van der Waals surface area contributed by atoms with Crippen molar-refractivity contribution in [3.05, 3.63) is 95.8 Å². The minimum absolute atomic E-state index is 0.0455. The van der Waals surface area contributed by atoms with Gasteiger partial charge in [0.1, 0.15) is 18.5 Å². The molecule has 2 N–H and O–H groups in total. The van der Waals surface area contributed by atoms with Crippen LogP contribution >= 0.6 is 0 Å². The number of cyclic esters (lactones) is 1. The summed E-state index contributed by atoms with van der Waals surface area (Å²) in [6.45, 7) is 4.55. The molecule has 11 heteroatoms. The van der Waals surface area contributed by atoms with Gasteiger partial charge >= 0.3 is 12.1 Å². The zero-order valence-electron chi connectivity index (χ0n) is 22.6. The van der Waals surface area contributed by atoms with Crippen LogP contribution in [0.3, 0.4) is 0 Å². The van der Waals surface area contributed by atoms with Gasteiger partial charge in [-0.1, -0.05) is 30.3 Å². The molecule has 2 aliphatic rings. The van der Waals surface area contributed by atoms with Crippen LogP contribution in [0.5, 0.6) is 0 Å². The van der Waals surface area contributed by atoms with Gasteiger partial charge in [0.2, 0.25) is 0 Å². The first kappa shape index (κ1) is 27.9. The molecule has 1 unspecified atom stereocenters. The van der Waals surface area contributed by atoms with E-state index in [1.54, 1.807) is 47.5 Å². The highest BCUT2D eigenvalue weighted by molar-refractivity contribution is 6.11. The number of carbonyl (C=O) groups excluding carboxylic acids is 3. The van der Waals surface area contributed by atoms with Crippen molar-refractivity contribution in [2.75, 3.05) is 50.7 Å². The Morgan fingerprint density at radius 3 is 2.39 bits per heavy atom. The lowest BCUT2D eigenvalue weighted by Crippen LogP contribution is -2.50. The zero-order chi connectivity index (χ0) is 28.6. The molecule has 212 valence electrons. The molecule has 2 amide bonds. The molecule has 5 rings (SSSR count). The summed E-state index contributed by atoms with van der Waals surface area (Å²) in [6.07, 6.45) is 2.32. The second-order valence-corrected chi connectivity index (χ2v) is 9.96. The molecule has 0 radical (unpaired) electrons. The number of aromatic nitrogens is 1. The predicted molar refractivity (Wildman–Crippen MR) is 152 cm³/mol. The highest BCUT2D eigenvalue weighted by Crippen LogP contribution is 2.23. The van der Waals surface area contributed by atoms with Crippen molar-refractivity contribution in [3.8, 4) is 0 Å². The minimum atomic E-state index is -0.415. The number of anilines is 1. The number of esters is 1. The fourth-order valence-electron chi connectivity index (χ4n) is 4.77. The van der Waals surface area contributed by atoms with Gasteiger partial charge in [0.15, 0.2) is 0 Å². The van der Waals surface area contributed by atoms with Gasteiger partial charge in [-0.15, -0.1) is 0 Å². The molecular weight excluding hydrogens is 524 g/mol. The number of rotatable bonds is 9. The summed E-state index contributed by atoms with van der Waals surface area (Å²) in [5.41, 5.74) is 2.50. The summed E-state index contributed by atoms with van der Waals surface area (Å²) in [6, 6.07) is 19.7. The predicted octanol–water partition coefficient (Wildman–Crippen LogP) is 2.52. The fraction of sp³-hybridized carbons (Fsp3) is 0.300. The van der Waals surface area contributed by atoms with Crippen LogP contribution in [-0.2, 0) is 20.9 Å². The maximum absolute atomic E-state index is 12.6. The van der Waals surface area contributed by atoms with Gasteiger partial charge in [0.25, 0.3) is 5.91 Å². The maximum atomic E-state index is 12.6. The van der Waals surface area contributed by atoms with Gasteiger partial charge in [0.05, 0.1) is 18.7 Å². The molecule has 11 nitrogen and oxygen atoms in total. The van der Waals surface area contributed by atoms with Crippen molar-refractivity contribution in [2.45, 2.75) is 12.7 Å². The standard InChI is InChI=1S/C30H32N6O5/c31-28(33-29(38)24-7-4-12-32-17-24)23-8-10-25(11-9-23)36-19-26(41-30(36)39)18-34-13-15-35(16-14-34)20-27(37)40-21-22-5-2-1-3-6-22/h1-12,17,26H,13-16,18-21H2,(H2,31,33,38). The van der Waals surface area contributed by atoms with Crippen LogP contribution in [0.2, 0.25) is 0 Å². The summed E-state index contributed by atoms with van der Waals surface area (Å²) in [5.74, 6) is -0.697. The number of nitrogens with one attached hydrogen (secondary N) is 2. The minimum Gasteiger partial charge on any atom is -0.460 e. The number of hydrogen-bond donors (Lipinski definition) is 2. The number of benzene rings is 2. The van der Waals surface area contributed by atoms with Crippen LogP contribution in [-0.4, -0.2) is 90.5 Å². The number of amides is 2. The van der Waals surface area contributed by atoms with Crippen LogP contribution < -0.4 is 10.2 Å². The van der Waals surface area contributed by atoms with Gasteiger partial charge in [0, 0.05) is 56.4 Å². The lowest BCUT2D eigenvalue weighted by Gasteiger charge is -2.34. The van der Waals surface area contributed by atoms with Gasteiger partial charge < -0.3 is 14.8 Å². The Kier molecular flexibility index (Phi) is 8.97. The van der Waals surface area contributed by atoms with E-state index < -0.39 is 12.0 Å². The molecule has 1 aromatic heterocycles. The van der Waals surface area contributed by atoms with Crippen molar-refractivity contribution < 1.29 is 23.9 Å². The Morgan fingerprint density at radius 1 is 0.951 bits per heavy atom. The Bertz CT molecular complexity index is 1360. The van der Waals surface area contributed by atoms with E-state index in [9.17, 15) is 14.4 Å². The number of amidine groups is 1. The molecule has 2 saturated heterocycles. The van der Waals surface area contributed by atoms with Gasteiger partial charge in [-0.25, -0.2) is 4.79 Å². The third-order valence-electron chi connectivity index (χ3n) is 7.03. The quantitative estimate of drug-likeness (QED) is 0.234. The first-order chi connectivity index (χ1) is 19.9. The van der Waals surface area contributed by atoms with E-state index in [0.29, 0.717) is 29.9 Å². The van der Waals surface area contributed by atoms with Crippen molar-refractivity contribution in [1.82, 2.24) is 20.1 Å². The van der Waals surface area contributed by atoms with E-state index >= 15 is 0 Å². The summed E-state index contributed by atoms with van der Waals surface area (Å²) < 4.78 is 11.0. The molecular formula is C30H32N6O5. The highest BCUT2D eigenvalue weighted by atomic mass is 16.6. The molecule has 41 heavy (non-hydrogen) atoms. The van der Waals surface area contributed by atoms with Gasteiger partial charge in [-0.05, 0) is 42.0 Å². The number of piperazine rings is 1. The van der Waals surface area contributed by atoms with Gasteiger partial charge in [-0.2, -0.15) is 0 Å². The van der Waals surface area contributed by atoms with Crippen LogP contribution in [0.25, 0.3) is 0 Å². The van der Waals surface area contributed by atoms with E-state index in [4.69, 9.17) is 14.9 Å². The number of pyridine rings is 1. The number of carbonyl (C=O) groups is 3. The second-order valence-electron chi connectivity index (χ2n) is 9.96. The largest absolute Gasteiger partial charge is 0.460 e. The first-order valence-corrected chi connectivity index (χ1v) is 13.5. The summed E-state index contributed by atoms with van der Waals surface area (Å²) in [5, 5.41) is 10.8. The van der Waals surface area contributed by atoms with Crippen molar-refractivity contribution in [3.63, 3.8) is 0 Å². The van der Waals surface area contributed by atoms with Gasteiger partial charge in [-0.3, -0.25) is 34.7 Å². The van der Waals surface area contributed by atoms with Crippen LogP contribution in [0.1, 0.15) is 21.5 Å². The molecule has 3 heterocycles. The molecule has 2 aliphatic heterocycles. The third kappa shape index (κ3) is 7.53. The molecule has 0 bridgehead atoms. The van der Waals surface area contributed by atoms with Crippen LogP contribution in [0.15, 0.2) is 79.1 Å². The van der Waals surface area contributed by atoms with Crippen molar-refractivity contribution >= 4 is 29.5 Å². The average Bonchev–Trinajstić information content (AvgIpc) is 3.37. The summed E-state index contributed by atoms with van der Waals surface area (Å²) in [7, 11) is 0. The average molecular weight is 557 g/mol. The van der Waals surface area contributed by atoms with E-state index in [1.807, 2.05) is 30.3 Å². The van der Waals surface area contributed by atoms with Crippen LogP contribution in [0, 0.1) is 5.41 Å². The number of nitrogens with zero attached hydrogens (tertiary/aromatic N) is 4. The smallest absolute Gasteiger partial charge is 0.414 e. The molecule has 0 aliphatic carbocycles. The fourth-order valence-corrected chi connectivity index (χ4v) is 4.77. The Balaban J connectivity index is 1.05. The Hall–Kier alpha value is -4.61. The van der Waals surface area contributed by atoms with Crippen molar-refractivity contribution in [1.29, 1.82) is 5.41 Å². The van der Waals surface area contributed by atoms with E-state index in [1.165, 1.54) is 6.20 Å². The second kappa shape index (κ2) is 13.2. The summed E-state index contributed by atoms with van der Waals surface area (Å²) in [4.78, 5) is 47.0. The first-order valence-electron chi connectivity index (χ1n) is 13.5. The maximum Gasteiger partial charge on any atom is 0.414 e. The summed E-state index contributed by atoms with van der Waals surface area (Å²) >= 11 is 0. The molecule has 0 spiro atoms. The van der Waals surface area contributed by atoms with E-state index in [-0.39, 0.29) is 31.1 Å². The molecule has 3 aromatic rings. The number of hydrogen-bond acceptors (Lipinski definition) is 9. The molecule has 2 fully saturated rings. The number of ether oxygens (including phenoxy) is 2. The van der Waals surface area contributed by atoms with Crippen molar-refractivity contribution in [2.24, 2.45) is 0 Å². The van der Waals surface area contributed by atoms with E-state index in [0.717, 1.165) is 31.7 Å². The Morgan fingerprint density at radius 2 is 1.68 bits per heavy atom. The third-order valence-corrected chi connectivity index (χ3v) is 7.03. The normalized spacial score (nSPS) is 17.6. The molecule has 2 aromatic carbocycles. The Labute approximate surface area is 238 Å².